The molecule has 0 N–H and O–H groups in total. The molecular formula is C22H24N2O3. The van der Waals surface area contributed by atoms with Crippen molar-refractivity contribution < 1.29 is 14.3 Å². The van der Waals surface area contributed by atoms with Gasteiger partial charge in [0.25, 0.3) is 0 Å². The van der Waals surface area contributed by atoms with Gasteiger partial charge in [0.15, 0.2) is 0 Å². The van der Waals surface area contributed by atoms with E-state index in [0.717, 1.165) is 30.8 Å². The van der Waals surface area contributed by atoms with Crippen LogP contribution >= 0.6 is 0 Å². The Bertz CT molecular complexity index is 935. The summed E-state index contributed by atoms with van der Waals surface area (Å²) in [4.78, 5) is 19.9. The normalized spacial score (nSPS) is 43.5. The van der Waals surface area contributed by atoms with Crippen LogP contribution in [0.1, 0.15) is 32.3 Å². The largest absolute Gasteiger partial charge is 0.497 e. The van der Waals surface area contributed by atoms with E-state index in [1.807, 2.05) is 6.07 Å². The minimum absolute atomic E-state index is 0.137. The van der Waals surface area contributed by atoms with E-state index >= 15 is 0 Å². The third-order valence-corrected chi connectivity index (χ3v) is 7.78. The molecule has 27 heavy (non-hydrogen) atoms. The second-order valence-corrected chi connectivity index (χ2v) is 8.62. The van der Waals surface area contributed by atoms with Crippen LogP contribution in [0.2, 0.25) is 0 Å². The van der Waals surface area contributed by atoms with Gasteiger partial charge in [-0.3, -0.25) is 14.7 Å². The van der Waals surface area contributed by atoms with Crippen LogP contribution in [-0.4, -0.2) is 48.4 Å². The predicted molar refractivity (Wildman–Crippen MR) is 102 cm³/mol. The minimum atomic E-state index is -0.274. The van der Waals surface area contributed by atoms with Crippen LogP contribution in [0.3, 0.4) is 0 Å². The fraction of sp³-hybridized carbons (Fsp3) is 0.545. The van der Waals surface area contributed by atoms with Gasteiger partial charge < -0.3 is 9.47 Å². The van der Waals surface area contributed by atoms with Gasteiger partial charge in [0.2, 0.25) is 0 Å². The molecule has 1 aromatic rings. The Hall–Kier alpha value is -2.14. The molecule has 0 radical (unpaired) electrons. The molecule has 1 spiro atoms. The molecule has 0 amide bonds. The topological polar surface area (TPSA) is 51.1 Å². The minimum Gasteiger partial charge on any atom is -0.497 e. The maximum absolute atomic E-state index is 12.1. The average molecular weight is 364 g/mol. The van der Waals surface area contributed by atoms with Crippen molar-refractivity contribution in [2.24, 2.45) is 16.8 Å². The van der Waals surface area contributed by atoms with Gasteiger partial charge in [-0.1, -0.05) is 11.6 Å². The highest BCUT2D eigenvalue weighted by Gasteiger charge is 2.73. The van der Waals surface area contributed by atoms with Crippen LogP contribution in [0, 0.1) is 11.8 Å². The van der Waals surface area contributed by atoms with Gasteiger partial charge in [0.05, 0.1) is 30.0 Å². The summed E-state index contributed by atoms with van der Waals surface area (Å²) < 4.78 is 11.6. The summed E-state index contributed by atoms with van der Waals surface area (Å²) >= 11 is 0. The van der Waals surface area contributed by atoms with Gasteiger partial charge in [-0.2, -0.15) is 0 Å². The standard InChI is InChI=1S/C22H24N2O3/c1-4-12-10-24-17-8-14(12)19-18(24)9-22(21(19)27-11(2)25)15-7-13(26-3)5-6-16(15)23-20(17)22/h4-7,14,17-19,21H,8-10H2,1-3H3/b12-4-/t14-,17-,18-,19-,21+,22+/m0/s1. The Labute approximate surface area is 159 Å². The zero-order valence-corrected chi connectivity index (χ0v) is 15.9. The highest BCUT2D eigenvalue weighted by molar-refractivity contribution is 6.08. The molecule has 7 rings (SSSR count). The van der Waals surface area contributed by atoms with E-state index in [-0.39, 0.29) is 17.5 Å². The summed E-state index contributed by atoms with van der Waals surface area (Å²) in [5.74, 6) is 1.52. The lowest BCUT2D eigenvalue weighted by Gasteiger charge is -2.55. The molecule has 5 fully saturated rings. The highest BCUT2D eigenvalue weighted by atomic mass is 16.5. The maximum atomic E-state index is 12.1. The number of hydrogen-bond acceptors (Lipinski definition) is 5. The molecule has 1 saturated carbocycles. The Balaban J connectivity index is 1.60. The lowest BCUT2D eigenvalue weighted by molar-refractivity contribution is -0.152. The number of hydrogen-bond donors (Lipinski definition) is 0. The lowest BCUT2D eigenvalue weighted by atomic mass is 9.66. The van der Waals surface area contributed by atoms with Crippen molar-refractivity contribution >= 4 is 17.4 Å². The number of allylic oxidation sites excluding steroid dienone is 1. The molecule has 7 atom stereocenters. The second kappa shape index (κ2) is 5.02. The van der Waals surface area contributed by atoms with Crippen LogP contribution in [0.4, 0.5) is 5.69 Å². The van der Waals surface area contributed by atoms with E-state index in [9.17, 15) is 4.79 Å². The fourth-order valence-corrected chi connectivity index (χ4v) is 6.93. The molecule has 1 aromatic carbocycles. The zero-order chi connectivity index (χ0) is 18.5. The van der Waals surface area contributed by atoms with E-state index in [0.29, 0.717) is 23.9 Å². The molecule has 5 bridgehead atoms. The van der Waals surface area contributed by atoms with Gasteiger partial charge in [-0.25, -0.2) is 0 Å². The number of rotatable bonds is 2. The zero-order valence-electron chi connectivity index (χ0n) is 15.9. The van der Waals surface area contributed by atoms with Crippen molar-refractivity contribution in [1.82, 2.24) is 4.90 Å². The monoisotopic (exact) mass is 364 g/mol. The van der Waals surface area contributed by atoms with Crippen LogP contribution in [0.5, 0.6) is 5.75 Å². The Morgan fingerprint density at radius 3 is 3.00 bits per heavy atom. The molecule has 5 heterocycles. The van der Waals surface area contributed by atoms with Crippen molar-refractivity contribution in [3.8, 4) is 5.75 Å². The van der Waals surface area contributed by atoms with Gasteiger partial charge in [0.1, 0.15) is 11.9 Å². The lowest BCUT2D eigenvalue weighted by Crippen LogP contribution is -2.64. The number of aliphatic imine (C=N–C) groups is 1. The highest BCUT2D eigenvalue weighted by Crippen LogP contribution is 2.66. The summed E-state index contributed by atoms with van der Waals surface area (Å²) in [6.45, 7) is 4.72. The summed E-state index contributed by atoms with van der Waals surface area (Å²) in [5, 5.41) is 0. The SMILES string of the molecule is C/C=C1/CN2[C@H]3C[C@@H]1[C@@H]1[C@@H](OC(C)=O)[C@@]4(C[C@@H]12)C3=Nc1ccc(OC)cc14. The summed E-state index contributed by atoms with van der Waals surface area (Å²) in [6.07, 6.45) is 4.24. The van der Waals surface area contributed by atoms with Crippen LogP contribution in [0.15, 0.2) is 34.8 Å². The quantitative estimate of drug-likeness (QED) is 0.598. The van der Waals surface area contributed by atoms with Crippen LogP contribution < -0.4 is 4.74 Å². The van der Waals surface area contributed by atoms with Crippen LogP contribution in [0.25, 0.3) is 0 Å². The molecule has 5 nitrogen and oxygen atoms in total. The molecule has 1 aliphatic carbocycles. The third-order valence-electron chi connectivity index (χ3n) is 7.78. The number of piperidine rings is 4. The number of carbonyl (C=O) groups excluding carboxylic acids is 1. The average Bonchev–Trinajstić information content (AvgIpc) is 3.14. The number of benzene rings is 1. The Morgan fingerprint density at radius 1 is 1.41 bits per heavy atom. The van der Waals surface area contributed by atoms with Crippen LogP contribution in [-0.2, 0) is 14.9 Å². The Morgan fingerprint density at radius 2 is 2.26 bits per heavy atom. The molecule has 0 aromatic heterocycles. The molecule has 6 aliphatic rings. The maximum Gasteiger partial charge on any atom is 0.302 e. The summed E-state index contributed by atoms with van der Waals surface area (Å²) in [6, 6.07) is 7.01. The molecule has 140 valence electrons. The summed E-state index contributed by atoms with van der Waals surface area (Å²) in [5.41, 5.74) is 4.69. The van der Waals surface area contributed by atoms with E-state index in [4.69, 9.17) is 14.5 Å². The van der Waals surface area contributed by atoms with Crippen molar-refractivity contribution in [3.63, 3.8) is 0 Å². The van der Waals surface area contributed by atoms with E-state index in [2.05, 4.69) is 30.0 Å². The summed E-state index contributed by atoms with van der Waals surface area (Å²) in [7, 11) is 1.70. The van der Waals surface area contributed by atoms with Crippen molar-refractivity contribution in [3.05, 3.63) is 35.4 Å². The Kier molecular flexibility index (Phi) is 2.95. The predicted octanol–water partition coefficient (Wildman–Crippen LogP) is 3.00. The van der Waals surface area contributed by atoms with Crippen molar-refractivity contribution in [2.75, 3.05) is 13.7 Å². The molecular weight excluding hydrogens is 340 g/mol. The smallest absolute Gasteiger partial charge is 0.302 e. The first kappa shape index (κ1) is 15.9. The number of methoxy groups -OCH3 is 1. The number of carbonyl (C=O) groups is 1. The third kappa shape index (κ3) is 1.70. The molecule has 1 unspecified atom stereocenters. The first-order chi connectivity index (χ1) is 13.1. The fourth-order valence-electron chi connectivity index (χ4n) is 6.93. The number of nitrogens with zero attached hydrogens (tertiary/aromatic N) is 2. The molecule has 4 saturated heterocycles. The van der Waals surface area contributed by atoms with E-state index < -0.39 is 0 Å². The van der Waals surface area contributed by atoms with Gasteiger partial charge in [-0.05, 0) is 49.4 Å². The number of esters is 1. The van der Waals surface area contributed by atoms with Gasteiger partial charge in [-0.15, -0.1) is 0 Å². The van der Waals surface area contributed by atoms with E-state index in [1.54, 1.807) is 14.0 Å². The molecule has 5 aliphatic heterocycles. The van der Waals surface area contributed by atoms with Crippen molar-refractivity contribution in [2.45, 2.75) is 50.3 Å². The first-order valence-corrected chi connectivity index (χ1v) is 9.94. The second-order valence-electron chi connectivity index (χ2n) is 8.62. The van der Waals surface area contributed by atoms with E-state index in [1.165, 1.54) is 16.8 Å². The van der Waals surface area contributed by atoms with Crippen molar-refractivity contribution in [1.29, 1.82) is 0 Å². The number of fused-ring (bicyclic) bond motifs is 2. The first-order valence-electron chi connectivity index (χ1n) is 9.94. The molecule has 5 heteroatoms. The van der Waals surface area contributed by atoms with Gasteiger partial charge in [0, 0.05) is 25.4 Å². The number of ether oxygens (including phenoxy) is 2. The van der Waals surface area contributed by atoms with Gasteiger partial charge >= 0.3 is 5.97 Å².